The summed E-state index contributed by atoms with van der Waals surface area (Å²) in [5.74, 6) is 1.13. The summed E-state index contributed by atoms with van der Waals surface area (Å²) in [5, 5.41) is 22.3. The van der Waals surface area contributed by atoms with Crippen molar-refractivity contribution < 1.29 is 5.11 Å². The first kappa shape index (κ1) is 13.0. The second-order valence-corrected chi connectivity index (χ2v) is 5.64. The molecule has 4 heterocycles. The van der Waals surface area contributed by atoms with E-state index in [1.807, 2.05) is 6.92 Å². The average Bonchev–Trinajstić information content (AvgIpc) is 2.98. The summed E-state index contributed by atoms with van der Waals surface area (Å²) in [6.45, 7) is 5.64. The van der Waals surface area contributed by atoms with Gasteiger partial charge in [0.2, 0.25) is 0 Å². The third-order valence-electron chi connectivity index (χ3n) is 4.29. The molecule has 0 atom stereocenters. The van der Waals surface area contributed by atoms with Crippen molar-refractivity contribution in [3.8, 4) is 5.75 Å². The zero-order valence-corrected chi connectivity index (χ0v) is 12.5. The fourth-order valence-electron chi connectivity index (χ4n) is 2.96. The van der Waals surface area contributed by atoms with Gasteiger partial charge in [-0.15, -0.1) is 15.3 Å². The fraction of sp³-hybridized carbons (Fsp3) is 0.333. The maximum absolute atomic E-state index is 9.64. The number of rotatable bonds is 1. The van der Waals surface area contributed by atoms with Gasteiger partial charge in [0.25, 0.3) is 0 Å². The molecule has 0 aromatic carbocycles. The van der Waals surface area contributed by atoms with Crippen molar-refractivity contribution >= 4 is 11.5 Å². The maximum Gasteiger partial charge on any atom is 0.180 e. The van der Waals surface area contributed by atoms with Crippen LogP contribution in [0.1, 0.15) is 22.4 Å². The van der Waals surface area contributed by atoms with Crippen LogP contribution in [0.3, 0.4) is 0 Å². The summed E-state index contributed by atoms with van der Waals surface area (Å²) >= 11 is 0. The number of aromatic nitrogens is 5. The van der Waals surface area contributed by atoms with Crippen molar-refractivity contribution in [2.75, 3.05) is 11.4 Å². The second kappa shape index (κ2) is 4.66. The molecular weight excluding hydrogens is 280 g/mol. The molecule has 0 spiro atoms. The smallest absolute Gasteiger partial charge is 0.180 e. The van der Waals surface area contributed by atoms with Crippen LogP contribution < -0.4 is 4.90 Å². The SMILES string of the molecule is Cc1c(N2CCc3ncc(O)cc3C2)nn2cnnc2c1C. The molecule has 22 heavy (non-hydrogen) atoms. The van der Waals surface area contributed by atoms with Crippen molar-refractivity contribution in [2.24, 2.45) is 0 Å². The van der Waals surface area contributed by atoms with E-state index < -0.39 is 0 Å². The number of nitrogens with zero attached hydrogens (tertiary/aromatic N) is 6. The van der Waals surface area contributed by atoms with Crippen LogP contribution in [0.15, 0.2) is 18.6 Å². The Morgan fingerprint density at radius 2 is 2.09 bits per heavy atom. The number of aromatic hydroxyl groups is 1. The molecule has 7 heteroatoms. The molecule has 0 aliphatic carbocycles. The van der Waals surface area contributed by atoms with Crippen LogP contribution in [0.4, 0.5) is 5.82 Å². The van der Waals surface area contributed by atoms with Crippen molar-refractivity contribution in [3.05, 3.63) is 41.0 Å². The number of fused-ring (bicyclic) bond motifs is 2. The van der Waals surface area contributed by atoms with Gasteiger partial charge in [-0.3, -0.25) is 4.98 Å². The van der Waals surface area contributed by atoms with Gasteiger partial charge in [0, 0.05) is 36.3 Å². The van der Waals surface area contributed by atoms with Gasteiger partial charge >= 0.3 is 0 Å². The predicted octanol–water partition coefficient (Wildman–Crippen LogP) is 1.40. The monoisotopic (exact) mass is 296 g/mol. The Labute approximate surface area is 127 Å². The van der Waals surface area contributed by atoms with Gasteiger partial charge < -0.3 is 10.0 Å². The molecule has 112 valence electrons. The van der Waals surface area contributed by atoms with Crippen LogP contribution in [-0.4, -0.2) is 36.4 Å². The number of aryl methyl sites for hydroxylation is 1. The van der Waals surface area contributed by atoms with Crippen LogP contribution in [0.5, 0.6) is 5.75 Å². The van der Waals surface area contributed by atoms with Crippen molar-refractivity contribution in [3.63, 3.8) is 0 Å². The van der Waals surface area contributed by atoms with E-state index in [-0.39, 0.29) is 5.75 Å². The molecule has 0 saturated carbocycles. The van der Waals surface area contributed by atoms with E-state index in [1.54, 1.807) is 16.9 Å². The second-order valence-electron chi connectivity index (χ2n) is 5.64. The third kappa shape index (κ3) is 1.89. The zero-order valence-electron chi connectivity index (χ0n) is 12.5. The summed E-state index contributed by atoms with van der Waals surface area (Å²) in [7, 11) is 0. The van der Waals surface area contributed by atoms with Crippen molar-refractivity contribution in [1.29, 1.82) is 0 Å². The molecule has 0 unspecified atom stereocenters. The Hall–Kier alpha value is -2.70. The lowest BCUT2D eigenvalue weighted by molar-refractivity contribution is 0.470. The first-order valence-corrected chi connectivity index (χ1v) is 7.22. The molecular formula is C15H16N6O. The molecule has 0 bridgehead atoms. The number of pyridine rings is 1. The number of anilines is 1. The highest BCUT2D eigenvalue weighted by molar-refractivity contribution is 5.59. The summed E-state index contributed by atoms with van der Waals surface area (Å²) in [4.78, 5) is 6.52. The lowest BCUT2D eigenvalue weighted by Gasteiger charge is -2.30. The Morgan fingerprint density at radius 1 is 1.23 bits per heavy atom. The van der Waals surface area contributed by atoms with E-state index in [0.717, 1.165) is 46.8 Å². The summed E-state index contributed by atoms with van der Waals surface area (Å²) in [5.41, 5.74) is 5.08. The molecule has 1 aliphatic heterocycles. The van der Waals surface area contributed by atoms with E-state index in [1.165, 1.54) is 6.20 Å². The van der Waals surface area contributed by atoms with Gasteiger partial charge in [-0.1, -0.05) is 0 Å². The van der Waals surface area contributed by atoms with E-state index >= 15 is 0 Å². The van der Waals surface area contributed by atoms with Gasteiger partial charge in [-0.25, -0.2) is 0 Å². The molecule has 4 rings (SSSR count). The van der Waals surface area contributed by atoms with Gasteiger partial charge in [-0.05, 0) is 25.5 Å². The van der Waals surface area contributed by atoms with Gasteiger partial charge in [0.1, 0.15) is 12.1 Å². The minimum Gasteiger partial charge on any atom is -0.506 e. The fourth-order valence-corrected chi connectivity index (χ4v) is 2.96. The van der Waals surface area contributed by atoms with E-state index in [2.05, 4.69) is 32.1 Å². The Bertz CT molecular complexity index is 872. The largest absolute Gasteiger partial charge is 0.506 e. The van der Waals surface area contributed by atoms with Crippen LogP contribution in [0, 0.1) is 13.8 Å². The molecule has 0 amide bonds. The van der Waals surface area contributed by atoms with E-state index in [4.69, 9.17) is 0 Å². The summed E-state index contributed by atoms with van der Waals surface area (Å²) in [6, 6.07) is 1.79. The van der Waals surface area contributed by atoms with E-state index in [9.17, 15) is 5.11 Å². The minimum atomic E-state index is 0.204. The number of hydrogen-bond acceptors (Lipinski definition) is 6. The van der Waals surface area contributed by atoms with Crippen LogP contribution in [0.25, 0.3) is 5.65 Å². The molecule has 0 saturated heterocycles. The standard InChI is InChI=1S/C15H16N6O/c1-9-10(2)15(19-21-8-17-18-14(9)21)20-4-3-13-11(7-20)5-12(22)6-16-13/h5-6,8,22H,3-4,7H2,1-2H3. The zero-order chi connectivity index (χ0) is 15.3. The molecule has 1 N–H and O–H groups in total. The Balaban J connectivity index is 1.78. The average molecular weight is 296 g/mol. The summed E-state index contributed by atoms with van der Waals surface area (Å²) < 4.78 is 1.72. The van der Waals surface area contributed by atoms with Gasteiger partial charge in [0.05, 0.1) is 6.20 Å². The highest BCUT2D eigenvalue weighted by Crippen LogP contribution is 2.28. The molecule has 3 aromatic rings. The van der Waals surface area contributed by atoms with Crippen LogP contribution in [0.2, 0.25) is 0 Å². The normalized spacial score (nSPS) is 14.4. The molecule has 0 radical (unpaired) electrons. The maximum atomic E-state index is 9.64. The van der Waals surface area contributed by atoms with Crippen molar-refractivity contribution in [2.45, 2.75) is 26.8 Å². The predicted molar refractivity (Wildman–Crippen MR) is 80.9 cm³/mol. The van der Waals surface area contributed by atoms with Crippen molar-refractivity contribution in [1.82, 2.24) is 24.8 Å². The van der Waals surface area contributed by atoms with Crippen LogP contribution in [-0.2, 0) is 13.0 Å². The highest BCUT2D eigenvalue weighted by Gasteiger charge is 2.22. The first-order valence-electron chi connectivity index (χ1n) is 7.22. The van der Waals surface area contributed by atoms with Gasteiger partial charge in [-0.2, -0.15) is 4.52 Å². The lowest BCUT2D eigenvalue weighted by Crippen LogP contribution is -2.32. The molecule has 3 aromatic heterocycles. The third-order valence-corrected chi connectivity index (χ3v) is 4.29. The first-order chi connectivity index (χ1) is 10.6. The topological polar surface area (TPSA) is 79.4 Å². The highest BCUT2D eigenvalue weighted by atomic mass is 16.3. The van der Waals surface area contributed by atoms with E-state index in [0.29, 0.717) is 6.54 Å². The Kier molecular flexibility index (Phi) is 2.75. The van der Waals surface area contributed by atoms with Crippen LogP contribution >= 0.6 is 0 Å². The molecule has 7 nitrogen and oxygen atoms in total. The molecule has 0 fully saturated rings. The summed E-state index contributed by atoms with van der Waals surface area (Å²) in [6.07, 6.45) is 3.97. The molecule has 1 aliphatic rings. The quantitative estimate of drug-likeness (QED) is 0.731. The minimum absolute atomic E-state index is 0.204. The lowest BCUT2D eigenvalue weighted by atomic mass is 10.0. The van der Waals surface area contributed by atoms with Gasteiger partial charge in [0.15, 0.2) is 11.5 Å². The number of hydrogen-bond donors (Lipinski definition) is 1. The Morgan fingerprint density at radius 3 is 2.95 bits per heavy atom.